The van der Waals surface area contributed by atoms with E-state index in [1.807, 2.05) is 56.0 Å². The number of halogens is 1. The van der Waals surface area contributed by atoms with Gasteiger partial charge in [-0.1, -0.05) is 37.5 Å². The van der Waals surface area contributed by atoms with Crippen molar-refractivity contribution in [3.8, 4) is 16.2 Å². The Balaban J connectivity index is 1.68. The lowest BCUT2D eigenvalue weighted by Crippen LogP contribution is -2.46. The van der Waals surface area contributed by atoms with Crippen LogP contribution in [-0.2, 0) is 14.8 Å². The molecule has 0 saturated heterocycles. The van der Waals surface area contributed by atoms with Gasteiger partial charge in [-0.2, -0.15) is 4.31 Å². The first kappa shape index (κ1) is 31.4. The van der Waals surface area contributed by atoms with Crippen molar-refractivity contribution in [2.24, 2.45) is 5.92 Å². The average molecular weight is 631 g/mol. The molecular formula is C32H39FN2O6S2. The molecule has 1 aromatic heterocycles. The molecule has 2 aromatic carbocycles. The summed E-state index contributed by atoms with van der Waals surface area (Å²) in [5.41, 5.74) is 1.24. The summed E-state index contributed by atoms with van der Waals surface area (Å²) in [6, 6.07) is 13.7. The number of likely N-dealkylation sites (N-methyl/N-ethyl adjacent to an activating group) is 1. The number of rotatable bonds is 8. The molecule has 0 radical (unpaired) electrons. The van der Waals surface area contributed by atoms with Crippen molar-refractivity contribution < 1.29 is 32.2 Å². The van der Waals surface area contributed by atoms with Gasteiger partial charge < -0.3 is 19.5 Å². The largest absolute Gasteiger partial charge is 0.490 e. The van der Waals surface area contributed by atoms with E-state index in [9.17, 15) is 22.7 Å². The van der Waals surface area contributed by atoms with Gasteiger partial charge in [0.2, 0.25) is 10.0 Å². The molecule has 0 spiro atoms. The Morgan fingerprint density at radius 3 is 2.40 bits per heavy atom. The summed E-state index contributed by atoms with van der Waals surface area (Å²) < 4.78 is 57.0. The normalized spacial score (nSPS) is 19.6. The maximum atomic E-state index is 14.7. The molecule has 3 aromatic rings. The van der Waals surface area contributed by atoms with E-state index < -0.39 is 26.7 Å². The van der Waals surface area contributed by atoms with E-state index in [2.05, 4.69) is 0 Å². The zero-order valence-electron chi connectivity index (χ0n) is 25.0. The molecule has 11 heteroatoms. The fraction of sp³-hybridized carbons (Fsp3) is 0.469. The highest BCUT2D eigenvalue weighted by molar-refractivity contribution is 7.89. The molecule has 1 N–H and O–H groups in total. The minimum Gasteiger partial charge on any atom is -0.490 e. The van der Waals surface area contributed by atoms with Gasteiger partial charge in [0.15, 0.2) is 0 Å². The summed E-state index contributed by atoms with van der Waals surface area (Å²) in [4.78, 5) is 13.6. The van der Waals surface area contributed by atoms with Gasteiger partial charge in [-0.05, 0) is 63.8 Å². The lowest BCUT2D eigenvalue weighted by Gasteiger charge is -2.36. The highest BCUT2D eigenvalue weighted by Gasteiger charge is 2.41. The highest BCUT2D eigenvalue weighted by Crippen LogP contribution is 2.47. The number of carboxylic acids is 1. The van der Waals surface area contributed by atoms with Crippen molar-refractivity contribution in [1.29, 1.82) is 0 Å². The number of sulfonamides is 1. The van der Waals surface area contributed by atoms with E-state index in [1.54, 1.807) is 13.1 Å². The number of nitrogens with zero attached hydrogens (tertiary/aromatic N) is 2. The quantitative estimate of drug-likeness (QED) is 0.264. The Labute approximate surface area is 257 Å². The van der Waals surface area contributed by atoms with Crippen LogP contribution < -0.4 is 9.64 Å². The maximum Gasteiger partial charge on any atom is 0.348 e. The standard InChI is InChI=1S/C32H39FN2O6S2/c1-32(2,3)41-16-15-40-27-19-25-29(17-23(27)28-18-24(33)30(42-28)31(36)37)43(38,39)34(4)26(21-11-7-5-8-12-21)20-35(25)22-13-9-6-10-14-22/h6,9-10,13-14,17-19,21,26H,5,7-8,11-12,15-16,20H2,1-4H3,(H,36,37)/t26-/m0/s1. The second-order valence-electron chi connectivity index (χ2n) is 12.2. The number of hydrogen-bond acceptors (Lipinski definition) is 7. The molecule has 1 atom stereocenters. The Kier molecular flexibility index (Phi) is 9.18. The predicted octanol–water partition coefficient (Wildman–Crippen LogP) is 7.17. The molecular weight excluding hydrogens is 591 g/mol. The molecule has 2 heterocycles. The fourth-order valence-corrected chi connectivity index (χ4v) is 8.48. The van der Waals surface area contributed by atoms with E-state index in [1.165, 1.54) is 10.4 Å². The molecule has 1 aliphatic carbocycles. The lowest BCUT2D eigenvalue weighted by molar-refractivity contribution is -0.0162. The minimum atomic E-state index is -4.00. The lowest BCUT2D eigenvalue weighted by atomic mass is 9.83. The third kappa shape index (κ3) is 6.74. The molecule has 1 saturated carbocycles. The number of aromatic carboxylic acids is 1. The molecule has 8 nitrogen and oxygen atoms in total. The van der Waals surface area contributed by atoms with Crippen molar-refractivity contribution in [2.45, 2.75) is 69.4 Å². The van der Waals surface area contributed by atoms with E-state index in [0.717, 1.165) is 55.2 Å². The predicted molar refractivity (Wildman–Crippen MR) is 167 cm³/mol. The monoisotopic (exact) mass is 630 g/mol. The van der Waals surface area contributed by atoms with Crippen molar-refractivity contribution in [3.63, 3.8) is 0 Å². The van der Waals surface area contributed by atoms with Gasteiger partial charge in [0.25, 0.3) is 0 Å². The molecule has 232 valence electrons. The molecule has 0 amide bonds. The number of thiophene rings is 1. The van der Waals surface area contributed by atoms with Crippen LogP contribution in [0.3, 0.4) is 0 Å². The van der Waals surface area contributed by atoms with Gasteiger partial charge in [-0.3, -0.25) is 0 Å². The topological polar surface area (TPSA) is 96.4 Å². The summed E-state index contributed by atoms with van der Waals surface area (Å²) >= 11 is 0.748. The van der Waals surface area contributed by atoms with Gasteiger partial charge in [0.05, 0.1) is 17.9 Å². The first-order valence-electron chi connectivity index (χ1n) is 14.7. The number of carboxylic acid groups (broad SMARTS) is 1. The van der Waals surface area contributed by atoms with E-state index in [0.29, 0.717) is 23.5 Å². The fourth-order valence-electron chi connectivity index (χ4n) is 5.98. The van der Waals surface area contributed by atoms with Gasteiger partial charge in [-0.25, -0.2) is 17.6 Å². The third-order valence-electron chi connectivity index (χ3n) is 8.13. The minimum absolute atomic E-state index is 0.0659. The Bertz CT molecular complexity index is 1560. The average Bonchev–Trinajstić information content (AvgIpc) is 3.34. The number of fused-ring (bicyclic) bond motifs is 1. The van der Waals surface area contributed by atoms with E-state index >= 15 is 0 Å². The number of hydrogen-bond donors (Lipinski definition) is 1. The molecule has 0 bridgehead atoms. The molecule has 1 aliphatic heterocycles. The van der Waals surface area contributed by atoms with Crippen LogP contribution in [0.5, 0.6) is 5.75 Å². The Hall–Kier alpha value is -2.99. The van der Waals surface area contributed by atoms with E-state index in [4.69, 9.17) is 9.47 Å². The zero-order valence-corrected chi connectivity index (χ0v) is 26.6. The van der Waals surface area contributed by atoms with Crippen LogP contribution in [0.25, 0.3) is 10.4 Å². The van der Waals surface area contributed by atoms with Crippen LogP contribution in [0, 0.1) is 11.7 Å². The summed E-state index contributed by atoms with van der Waals surface area (Å²) in [7, 11) is -2.36. The molecule has 2 aliphatic rings. The third-order valence-corrected chi connectivity index (χ3v) is 11.2. The van der Waals surface area contributed by atoms with E-state index in [-0.39, 0.29) is 40.5 Å². The van der Waals surface area contributed by atoms with Crippen LogP contribution in [0.1, 0.15) is 62.5 Å². The number of carbonyl (C=O) groups is 1. The van der Waals surface area contributed by atoms with Crippen molar-refractivity contribution in [1.82, 2.24) is 4.31 Å². The van der Waals surface area contributed by atoms with Crippen molar-refractivity contribution >= 4 is 38.7 Å². The number of para-hydroxylation sites is 1. The summed E-state index contributed by atoms with van der Waals surface area (Å²) in [5, 5.41) is 9.52. The SMILES string of the molecule is CN1[C@H](C2CCCCC2)CN(c2ccccc2)c2cc(OCCOC(C)(C)C)c(-c3cc(F)c(C(=O)O)s3)cc2S1(=O)=O. The molecule has 0 unspecified atom stereocenters. The first-order chi connectivity index (χ1) is 20.4. The van der Waals surface area contributed by atoms with Crippen LogP contribution in [0.2, 0.25) is 0 Å². The van der Waals surface area contributed by atoms with Crippen LogP contribution >= 0.6 is 11.3 Å². The summed E-state index contributed by atoms with van der Waals surface area (Å²) in [6.07, 6.45) is 5.22. The van der Waals surface area contributed by atoms with Crippen molar-refractivity contribution in [3.05, 3.63) is 59.2 Å². The number of ether oxygens (including phenoxy) is 2. The Morgan fingerprint density at radius 1 is 1.07 bits per heavy atom. The molecule has 43 heavy (non-hydrogen) atoms. The zero-order chi connectivity index (χ0) is 30.9. The van der Waals surface area contributed by atoms with Gasteiger partial charge in [0, 0.05) is 41.8 Å². The van der Waals surface area contributed by atoms with Crippen LogP contribution in [0.15, 0.2) is 53.4 Å². The summed E-state index contributed by atoms with van der Waals surface area (Å²) in [6.45, 7) is 6.69. The Morgan fingerprint density at radius 2 is 1.77 bits per heavy atom. The maximum absolute atomic E-state index is 14.7. The number of anilines is 2. The molecule has 1 fully saturated rings. The van der Waals surface area contributed by atoms with Crippen LogP contribution in [0.4, 0.5) is 15.8 Å². The summed E-state index contributed by atoms with van der Waals surface area (Å²) in [5.74, 6) is -1.73. The number of benzene rings is 2. The highest BCUT2D eigenvalue weighted by atomic mass is 32.2. The molecule has 5 rings (SSSR count). The first-order valence-corrected chi connectivity index (χ1v) is 16.9. The van der Waals surface area contributed by atoms with Crippen LogP contribution in [-0.4, -0.2) is 62.2 Å². The van der Waals surface area contributed by atoms with Crippen molar-refractivity contribution in [2.75, 3.05) is 31.7 Å². The van der Waals surface area contributed by atoms with Gasteiger partial charge in [0.1, 0.15) is 27.9 Å². The second kappa shape index (κ2) is 12.6. The second-order valence-corrected chi connectivity index (χ2v) is 15.2. The smallest absolute Gasteiger partial charge is 0.348 e. The van der Waals surface area contributed by atoms with Gasteiger partial charge >= 0.3 is 5.97 Å². The van der Waals surface area contributed by atoms with Gasteiger partial charge in [-0.15, -0.1) is 11.3 Å².